The van der Waals surface area contributed by atoms with Crippen LogP contribution in [0.15, 0.2) is 12.3 Å². The van der Waals surface area contributed by atoms with Gasteiger partial charge in [-0.1, -0.05) is 0 Å². The summed E-state index contributed by atoms with van der Waals surface area (Å²) in [6.07, 6.45) is 4.01. The smallest absolute Gasteiger partial charge is 0.0661 e. The molecular formula is C10H18N4. The van der Waals surface area contributed by atoms with Gasteiger partial charge in [0.25, 0.3) is 0 Å². The summed E-state index contributed by atoms with van der Waals surface area (Å²) >= 11 is 0. The molecule has 0 radical (unpaired) electrons. The van der Waals surface area contributed by atoms with Crippen LogP contribution < -0.4 is 5.73 Å². The molecule has 1 aromatic rings. The third-order valence-corrected chi connectivity index (χ3v) is 2.87. The number of hydrogen-bond donors (Lipinski definition) is 1. The van der Waals surface area contributed by atoms with E-state index in [-0.39, 0.29) is 0 Å². The monoisotopic (exact) mass is 194 g/mol. The molecule has 0 amide bonds. The quantitative estimate of drug-likeness (QED) is 0.751. The van der Waals surface area contributed by atoms with E-state index in [0.29, 0.717) is 12.6 Å². The van der Waals surface area contributed by atoms with Crippen molar-refractivity contribution in [3.05, 3.63) is 18.0 Å². The number of aromatic nitrogens is 2. The van der Waals surface area contributed by atoms with Crippen molar-refractivity contribution in [1.82, 2.24) is 14.7 Å². The minimum absolute atomic E-state index is 0.552. The van der Waals surface area contributed by atoms with E-state index in [2.05, 4.69) is 27.8 Å². The van der Waals surface area contributed by atoms with Crippen LogP contribution in [0.5, 0.6) is 0 Å². The predicted molar refractivity (Wildman–Crippen MR) is 56.1 cm³/mol. The highest BCUT2D eigenvalue weighted by Gasteiger charge is 2.22. The second kappa shape index (κ2) is 4.11. The summed E-state index contributed by atoms with van der Waals surface area (Å²) in [7, 11) is 2.16. The third kappa shape index (κ3) is 1.81. The van der Waals surface area contributed by atoms with E-state index in [9.17, 15) is 0 Å². The molecule has 78 valence electrons. The summed E-state index contributed by atoms with van der Waals surface area (Å²) in [6, 6.07) is 2.63. The highest BCUT2D eigenvalue weighted by atomic mass is 15.3. The molecule has 0 bridgehead atoms. The molecule has 1 aromatic heterocycles. The first-order valence-electron chi connectivity index (χ1n) is 5.22. The molecule has 0 spiro atoms. The number of nitrogens with zero attached hydrogens (tertiary/aromatic N) is 3. The molecule has 2 heterocycles. The van der Waals surface area contributed by atoms with Gasteiger partial charge in [-0.25, -0.2) is 0 Å². The van der Waals surface area contributed by atoms with E-state index in [1.807, 2.05) is 6.20 Å². The van der Waals surface area contributed by atoms with Gasteiger partial charge in [0.1, 0.15) is 0 Å². The fourth-order valence-corrected chi connectivity index (χ4v) is 2.13. The lowest BCUT2D eigenvalue weighted by molar-refractivity contribution is 0.378. The van der Waals surface area contributed by atoms with Gasteiger partial charge in [-0.2, -0.15) is 5.10 Å². The number of nitrogens with two attached hydrogens (primary N) is 1. The molecule has 1 atom stereocenters. The molecule has 2 N–H and O–H groups in total. The second-order valence-corrected chi connectivity index (χ2v) is 4.01. The Bertz CT molecular complexity index is 294. The Morgan fingerprint density at radius 2 is 2.50 bits per heavy atom. The van der Waals surface area contributed by atoms with Gasteiger partial charge in [-0.05, 0) is 32.6 Å². The normalized spacial score (nSPS) is 23.1. The van der Waals surface area contributed by atoms with Gasteiger partial charge in [-0.15, -0.1) is 0 Å². The highest BCUT2D eigenvalue weighted by Crippen LogP contribution is 2.20. The third-order valence-electron chi connectivity index (χ3n) is 2.87. The van der Waals surface area contributed by atoms with Crippen LogP contribution in [0.3, 0.4) is 0 Å². The Kier molecular flexibility index (Phi) is 2.84. The minimum atomic E-state index is 0.552. The van der Waals surface area contributed by atoms with Crippen molar-refractivity contribution < 1.29 is 0 Å². The summed E-state index contributed by atoms with van der Waals surface area (Å²) in [5.41, 5.74) is 6.83. The Hall–Kier alpha value is -0.870. The van der Waals surface area contributed by atoms with E-state index < -0.39 is 0 Å². The molecule has 0 aromatic carbocycles. The Morgan fingerprint density at radius 3 is 3.14 bits per heavy atom. The minimum Gasteiger partial charge on any atom is -0.330 e. The van der Waals surface area contributed by atoms with Crippen LogP contribution in [-0.4, -0.2) is 41.4 Å². The fraction of sp³-hybridized carbons (Fsp3) is 0.700. The van der Waals surface area contributed by atoms with E-state index in [1.165, 1.54) is 18.7 Å². The topological polar surface area (TPSA) is 47.1 Å². The van der Waals surface area contributed by atoms with Gasteiger partial charge in [0.2, 0.25) is 0 Å². The summed E-state index contributed by atoms with van der Waals surface area (Å²) in [6.45, 7) is 2.99. The van der Waals surface area contributed by atoms with Crippen LogP contribution in [0.25, 0.3) is 0 Å². The first-order chi connectivity index (χ1) is 6.81. The zero-order valence-electron chi connectivity index (χ0n) is 8.69. The zero-order valence-corrected chi connectivity index (χ0v) is 8.69. The molecule has 1 fully saturated rings. The molecule has 4 heteroatoms. The van der Waals surface area contributed by atoms with Crippen molar-refractivity contribution in [3.63, 3.8) is 0 Å². The SMILES string of the molecule is CN1CCC(n2nccc2CCN)C1. The number of hydrogen-bond acceptors (Lipinski definition) is 3. The maximum Gasteiger partial charge on any atom is 0.0661 e. The summed E-state index contributed by atoms with van der Waals surface area (Å²) in [4.78, 5) is 2.35. The van der Waals surface area contributed by atoms with Gasteiger partial charge in [0, 0.05) is 24.9 Å². The van der Waals surface area contributed by atoms with Crippen LogP contribution in [0.4, 0.5) is 0 Å². The lowest BCUT2D eigenvalue weighted by Gasteiger charge is -2.14. The van der Waals surface area contributed by atoms with Crippen LogP contribution in [-0.2, 0) is 6.42 Å². The zero-order chi connectivity index (χ0) is 9.97. The first kappa shape index (κ1) is 9.68. The summed E-state index contributed by atoms with van der Waals surface area (Å²) < 4.78 is 2.15. The van der Waals surface area contributed by atoms with Gasteiger partial charge in [-0.3, -0.25) is 4.68 Å². The molecule has 1 saturated heterocycles. The number of likely N-dealkylation sites (N-methyl/N-ethyl adjacent to an activating group) is 1. The van der Waals surface area contributed by atoms with Crippen molar-refractivity contribution in [2.75, 3.05) is 26.7 Å². The molecule has 4 nitrogen and oxygen atoms in total. The summed E-state index contributed by atoms with van der Waals surface area (Å²) in [5.74, 6) is 0. The van der Waals surface area contributed by atoms with Crippen LogP contribution in [0, 0.1) is 0 Å². The Morgan fingerprint density at radius 1 is 1.64 bits per heavy atom. The summed E-state index contributed by atoms with van der Waals surface area (Å²) in [5, 5.41) is 4.39. The Balaban J connectivity index is 2.11. The van der Waals surface area contributed by atoms with Crippen molar-refractivity contribution in [2.24, 2.45) is 5.73 Å². The van der Waals surface area contributed by atoms with E-state index in [0.717, 1.165) is 13.0 Å². The van der Waals surface area contributed by atoms with E-state index in [1.54, 1.807) is 0 Å². The number of rotatable bonds is 3. The highest BCUT2D eigenvalue weighted by molar-refractivity contribution is 5.03. The molecule has 1 aliphatic heterocycles. The molecule has 0 aliphatic carbocycles. The van der Waals surface area contributed by atoms with Gasteiger partial charge >= 0.3 is 0 Å². The van der Waals surface area contributed by atoms with E-state index in [4.69, 9.17) is 5.73 Å². The maximum absolute atomic E-state index is 5.56. The molecule has 1 aliphatic rings. The largest absolute Gasteiger partial charge is 0.330 e. The molecule has 2 rings (SSSR count). The van der Waals surface area contributed by atoms with Gasteiger partial charge in [0.05, 0.1) is 6.04 Å². The predicted octanol–water partition coefficient (Wildman–Crippen LogP) is 0.261. The van der Waals surface area contributed by atoms with E-state index >= 15 is 0 Å². The molecule has 14 heavy (non-hydrogen) atoms. The second-order valence-electron chi connectivity index (χ2n) is 4.01. The van der Waals surface area contributed by atoms with Crippen LogP contribution >= 0.6 is 0 Å². The van der Waals surface area contributed by atoms with Gasteiger partial charge < -0.3 is 10.6 Å². The van der Waals surface area contributed by atoms with Crippen molar-refractivity contribution in [3.8, 4) is 0 Å². The average Bonchev–Trinajstić information content (AvgIpc) is 2.74. The number of likely N-dealkylation sites (tertiary alicyclic amines) is 1. The molecular weight excluding hydrogens is 176 g/mol. The van der Waals surface area contributed by atoms with Gasteiger partial charge in [0.15, 0.2) is 0 Å². The maximum atomic E-state index is 5.56. The molecule has 1 unspecified atom stereocenters. The van der Waals surface area contributed by atoms with Crippen molar-refractivity contribution in [2.45, 2.75) is 18.9 Å². The standard InChI is InChI=1S/C10H18N4/c1-13-7-4-10(8-13)14-9(2-5-11)3-6-12-14/h3,6,10H,2,4-5,7-8,11H2,1H3. The molecule has 0 saturated carbocycles. The lowest BCUT2D eigenvalue weighted by atomic mass is 10.2. The average molecular weight is 194 g/mol. The Labute approximate surface area is 84.7 Å². The van der Waals surface area contributed by atoms with Crippen LogP contribution in [0.2, 0.25) is 0 Å². The van der Waals surface area contributed by atoms with Crippen LogP contribution in [0.1, 0.15) is 18.2 Å². The fourth-order valence-electron chi connectivity index (χ4n) is 2.13. The van der Waals surface area contributed by atoms with Crippen molar-refractivity contribution >= 4 is 0 Å². The van der Waals surface area contributed by atoms with Crippen molar-refractivity contribution in [1.29, 1.82) is 0 Å². The lowest BCUT2D eigenvalue weighted by Crippen LogP contribution is -2.19. The first-order valence-corrected chi connectivity index (χ1v) is 5.22.